The summed E-state index contributed by atoms with van der Waals surface area (Å²) in [5, 5.41) is 2.55. The van der Waals surface area contributed by atoms with Crippen LogP contribution in [-0.2, 0) is 4.79 Å². The van der Waals surface area contributed by atoms with E-state index < -0.39 is 29.5 Å². The van der Waals surface area contributed by atoms with Gasteiger partial charge < -0.3 is 10.1 Å². The van der Waals surface area contributed by atoms with Crippen LogP contribution in [0.2, 0.25) is 0 Å². The fraction of sp³-hybridized carbons (Fsp3) is 0.462. The van der Waals surface area contributed by atoms with Gasteiger partial charge in [-0.25, -0.2) is 4.98 Å². The normalized spacial score (nSPS) is 14.1. The maximum absolute atomic E-state index is 12.2. The zero-order valence-electron chi connectivity index (χ0n) is 12.5. The third kappa shape index (κ3) is 5.22. The molecule has 1 atom stereocenters. The van der Waals surface area contributed by atoms with Gasteiger partial charge >= 0.3 is 6.36 Å². The van der Waals surface area contributed by atoms with Gasteiger partial charge in [-0.2, -0.15) is 0 Å². The lowest BCUT2D eigenvalue weighted by atomic mass is 9.87. The van der Waals surface area contributed by atoms with Crippen molar-refractivity contribution in [3.05, 3.63) is 24.0 Å². The first-order chi connectivity index (χ1) is 10.5. The van der Waals surface area contributed by atoms with E-state index in [9.17, 15) is 22.8 Å². The second-order valence-electron chi connectivity index (χ2n) is 5.16. The first kappa shape index (κ1) is 19.5. The highest BCUT2D eigenvalue weighted by Gasteiger charge is 2.38. The molecular formula is C13H15F3IN3O3. The lowest BCUT2D eigenvalue weighted by Gasteiger charge is -2.32. The van der Waals surface area contributed by atoms with Gasteiger partial charge in [0, 0.05) is 0 Å². The standard InChI is InChI=1S/C13H15F3IN3O3/c1-7(2)12(3,11(22)20-17)19-10(21)9-5-4-8(6-18-9)23-13(14,15)16/h4-7H,1-3H3,(H,19,21)(H,20,22). The topological polar surface area (TPSA) is 80.3 Å². The first-order valence-corrected chi connectivity index (χ1v) is 7.53. The van der Waals surface area contributed by atoms with E-state index in [1.807, 2.05) is 0 Å². The number of amides is 2. The van der Waals surface area contributed by atoms with Gasteiger partial charge in [0.25, 0.3) is 11.8 Å². The molecule has 128 valence electrons. The number of alkyl halides is 3. The zero-order valence-corrected chi connectivity index (χ0v) is 14.7. The van der Waals surface area contributed by atoms with Gasteiger partial charge in [0.2, 0.25) is 0 Å². The molecule has 0 aliphatic rings. The molecule has 0 aliphatic heterocycles. The summed E-state index contributed by atoms with van der Waals surface area (Å²) in [7, 11) is 0. The van der Waals surface area contributed by atoms with E-state index in [2.05, 4.69) is 18.6 Å². The second kappa shape index (κ2) is 7.32. The molecule has 0 radical (unpaired) electrons. The van der Waals surface area contributed by atoms with Gasteiger partial charge in [-0.15, -0.1) is 13.2 Å². The van der Waals surface area contributed by atoms with E-state index in [1.54, 1.807) is 43.6 Å². The minimum atomic E-state index is -4.83. The minimum Gasteiger partial charge on any atom is -0.404 e. The predicted octanol–water partition coefficient (Wildman–Crippen LogP) is 2.59. The van der Waals surface area contributed by atoms with Crippen LogP contribution in [0.3, 0.4) is 0 Å². The lowest BCUT2D eigenvalue weighted by molar-refractivity contribution is -0.274. The Labute approximate surface area is 144 Å². The number of nitrogens with one attached hydrogen (secondary N) is 2. The smallest absolute Gasteiger partial charge is 0.404 e. The van der Waals surface area contributed by atoms with Crippen LogP contribution in [0, 0.1) is 5.92 Å². The number of halogens is 4. The third-order valence-electron chi connectivity index (χ3n) is 3.29. The second-order valence-corrected chi connectivity index (χ2v) is 5.70. The van der Waals surface area contributed by atoms with Gasteiger partial charge in [-0.1, -0.05) is 13.8 Å². The minimum absolute atomic E-state index is 0.132. The molecule has 10 heteroatoms. The van der Waals surface area contributed by atoms with E-state index in [4.69, 9.17) is 0 Å². The fourth-order valence-corrected chi connectivity index (χ4v) is 2.13. The summed E-state index contributed by atoms with van der Waals surface area (Å²) >= 11 is 1.66. The van der Waals surface area contributed by atoms with Gasteiger partial charge in [0.1, 0.15) is 17.0 Å². The average molecular weight is 445 g/mol. The Balaban J connectivity index is 2.91. The van der Waals surface area contributed by atoms with Crippen LogP contribution in [0.4, 0.5) is 13.2 Å². The quantitative estimate of drug-likeness (QED) is 0.540. The molecule has 1 rings (SSSR count). The van der Waals surface area contributed by atoms with Crippen LogP contribution in [0.25, 0.3) is 0 Å². The summed E-state index contributed by atoms with van der Waals surface area (Å²) in [6.07, 6.45) is -4.05. The molecule has 0 saturated carbocycles. The monoisotopic (exact) mass is 445 g/mol. The number of ether oxygens (including phenoxy) is 1. The Bertz CT molecular complexity index is 578. The van der Waals surface area contributed by atoms with Crippen LogP contribution >= 0.6 is 22.9 Å². The molecule has 23 heavy (non-hydrogen) atoms. The van der Waals surface area contributed by atoms with Crippen LogP contribution in [0.15, 0.2) is 18.3 Å². The molecule has 1 unspecified atom stereocenters. The van der Waals surface area contributed by atoms with E-state index >= 15 is 0 Å². The van der Waals surface area contributed by atoms with Gasteiger partial charge in [-0.05, 0) is 25.0 Å². The summed E-state index contributed by atoms with van der Waals surface area (Å²) in [5.74, 6) is -1.85. The summed E-state index contributed by atoms with van der Waals surface area (Å²) in [5.41, 5.74) is -1.33. The Morgan fingerprint density at radius 2 is 1.91 bits per heavy atom. The molecule has 0 fully saturated rings. The Hall–Kier alpha value is -1.59. The van der Waals surface area contributed by atoms with Crippen molar-refractivity contribution in [3.63, 3.8) is 0 Å². The van der Waals surface area contributed by atoms with Crippen molar-refractivity contribution in [2.75, 3.05) is 0 Å². The van der Waals surface area contributed by atoms with Crippen LogP contribution in [0.5, 0.6) is 5.75 Å². The Kier molecular flexibility index (Phi) is 6.19. The first-order valence-electron chi connectivity index (χ1n) is 6.45. The Morgan fingerprint density at radius 1 is 1.30 bits per heavy atom. The maximum atomic E-state index is 12.2. The van der Waals surface area contributed by atoms with Crippen molar-refractivity contribution in [2.24, 2.45) is 5.92 Å². The van der Waals surface area contributed by atoms with Crippen LogP contribution in [-0.4, -0.2) is 28.7 Å². The van der Waals surface area contributed by atoms with Gasteiger partial charge in [0.05, 0.1) is 29.1 Å². The number of rotatable bonds is 5. The lowest BCUT2D eigenvalue weighted by Crippen LogP contribution is -2.58. The van der Waals surface area contributed by atoms with Crippen LogP contribution in [0.1, 0.15) is 31.3 Å². The number of carbonyl (C=O) groups is 2. The number of pyridine rings is 1. The number of hydrogen-bond acceptors (Lipinski definition) is 4. The molecule has 1 aromatic rings. The van der Waals surface area contributed by atoms with Gasteiger partial charge in [-0.3, -0.25) is 13.1 Å². The SMILES string of the molecule is CC(C)C(C)(NC(=O)c1ccc(OC(F)(F)F)cn1)C(=O)NI. The zero-order chi connectivity index (χ0) is 17.8. The highest BCUT2D eigenvalue weighted by molar-refractivity contribution is 14.1. The van der Waals surface area contributed by atoms with E-state index in [-0.39, 0.29) is 11.6 Å². The highest BCUT2D eigenvalue weighted by Crippen LogP contribution is 2.22. The van der Waals surface area contributed by atoms with Gasteiger partial charge in [0.15, 0.2) is 0 Å². The molecular weight excluding hydrogens is 430 g/mol. The molecule has 6 nitrogen and oxygen atoms in total. The highest BCUT2D eigenvalue weighted by atomic mass is 127. The van der Waals surface area contributed by atoms with Crippen molar-refractivity contribution in [2.45, 2.75) is 32.7 Å². The van der Waals surface area contributed by atoms with E-state index in [1.165, 1.54) is 0 Å². The summed E-state index contributed by atoms with van der Waals surface area (Å²) < 4.78 is 42.3. The number of aromatic nitrogens is 1. The van der Waals surface area contributed by atoms with Crippen molar-refractivity contribution in [1.82, 2.24) is 13.8 Å². The van der Waals surface area contributed by atoms with E-state index in [0.29, 0.717) is 0 Å². The summed E-state index contributed by atoms with van der Waals surface area (Å²) in [6.45, 7) is 5.05. The average Bonchev–Trinajstić information content (AvgIpc) is 2.44. The summed E-state index contributed by atoms with van der Waals surface area (Å²) in [4.78, 5) is 27.7. The Morgan fingerprint density at radius 3 is 2.30 bits per heavy atom. The maximum Gasteiger partial charge on any atom is 0.573 e. The molecule has 0 spiro atoms. The molecule has 1 heterocycles. The fourth-order valence-electron chi connectivity index (χ4n) is 1.57. The third-order valence-corrected chi connectivity index (χ3v) is 3.78. The van der Waals surface area contributed by atoms with Crippen molar-refractivity contribution >= 4 is 34.7 Å². The van der Waals surface area contributed by atoms with Crippen molar-refractivity contribution in [3.8, 4) is 5.75 Å². The van der Waals surface area contributed by atoms with Crippen molar-refractivity contribution in [1.29, 1.82) is 0 Å². The molecule has 0 bridgehead atoms. The van der Waals surface area contributed by atoms with Crippen LogP contribution < -0.4 is 13.6 Å². The predicted molar refractivity (Wildman–Crippen MR) is 83.8 cm³/mol. The molecule has 1 aromatic heterocycles. The molecule has 0 aromatic carbocycles. The summed E-state index contributed by atoms with van der Waals surface area (Å²) in [6, 6.07) is 2.06. The molecule has 2 N–H and O–H groups in total. The molecule has 2 amide bonds. The number of hydrogen-bond donors (Lipinski definition) is 2. The number of carbonyl (C=O) groups excluding carboxylic acids is 2. The van der Waals surface area contributed by atoms with E-state index in [0.717, 1.165) is 18.3 Å². The molecule has 0 saturated heterocycles. The largest absolute Gasteiger partial charge is 0.573 e. The van der Waals surface area contributed by atoms with Crippen molar-refractivity contribution < 1.29 is 27.5 Å². The number of nitrogens with zero attached hydrogens (tertiary/aromatic N) is 1. The molecule has 0 aliphatic carbocycles.